The van der Waals surface area contributed by atoms with Crippen molar-refractivity contribution in [3.8, 4) is 6.07 Å². The molecule has 1 heterocycles. The molecule has 1 aromatic rings. The summed E-state index contributed by atoms with van der Waals surface area (Å²) in [5.41, 5.74) is 0.748. The largest absolute Gasteiger partial charge is 0.349 e. The van der Waals surface area contributed by atoms with Crippen LogP contribution in [0.1, 0.15) is 24.0 Å². The van der Waals surface area contributed by atoms with Gasteiger partial charge < -0.3 is 9.47 Å². The highest BCUT2D eigenvalue weighted by atomic mass is 32.2. The number of nitrogens with one attached hydrogen (secondary N) is 1. The summed E-state index contributed by atoms with van der Waals surface area (Å²) in [5, 5.41) is 14.3. The van der Waals surface area contributed by atoms with E-state index < -0.39 is 16.0 Å². The van der Waals surface area contributed by atoms with Crippen molar-refractivity contribution in [1.29, 1.82) is 5.26 Å². The standard InChI is InChI=1S/C12H15N3O4S/c1-18-12(6-3-7-19-12)10-4-2-5-11(9(10)8-13)15-20(14,16)17/h2,4-5,15H,3,6-7H2,1H3,(H2,14,16,17). The second-order valence-electron chi connectivity index (χ2n) is 4.40. The summed E-state index contributed by atoms with van der Waals surface area (Å²) in [5.74, 6) is -1.01. The van der Waals surface area contributed by atoms with Crippen molar-refractivity contribution in [2.24, 2.45) is 5.14 Å². The molecule has 20 heavy (non-hydrogen) atoms. The average molecular weight is 297 g/mol. The smallest absolute Gasteiger partial charge is 0.296 e. The lowest BCUT2D eigenvalue weighted by Gasteiger charge is -2.28. The average Bonchev–Trinajstić information content (AvgIpc) is 2.86. The maximum Gasteiger partial charge on any atom is 0.296 e. The number of rotatable bonds is 4. The van der Waals surface area contributed by atoms with Crippen LogP contribution >= 0.6 is 0 Å². The second-order valence-corrected chi connectivity index (χ2v) is 5.69. The van der Waals surface area contributed by atoms with E-state index in [2.05, 4.69) is 4.72 Å². The number of nitriles is 1. The summed E-state index contributed by atoms with van der Waals surface area (Å²) in [7, 11) is -2.47. The Balaban J connectivity index is 2.55. The van der Waals surface area contributed by atoms with Gasteiger partial charge in [-0.3, -0.25) is 4.72 Å². The molecule has 1 aliphatic heterocycles. The van der Waals surface area contributed by atoms with Gasteiger partial charge in [-0.2, -0.15) is 13.7 Å². The molecule has 0 spiro atoms. The van der Waals surface area contributed by atoms with E-state index in [0.717, 1.165) is 6.42 Å². The first-order valence-electron chi connectivity index (χ1n) is 5.95. The normalized spacial score (nSPS) is 22.4. The molecule has 1 aromatic carbocycles. The minimum atomic E-state index is -3.96. The van der Waals surface area contributed by atoms with E-state index in [-0.39, 0.29) is 11.3 Å². The van der Waals surface area contributed by atoms with Gasteiger partial charge in [-0.25, -0.2) is 5.14 Å². The van der Waals surface area contributed by atoms with Crippen LogP contribution in [0.25, 0.3) is 0 Å². The van der Waals surface area contributed by atoms with Gasteiger partial charge in [0.15, 0.2) is 5.79 Å². The molecule has 3 N–H and O–H groups in total. The lowest BCUT2D eigenvalue weighted by Crippen LogP contribution is -2.29. The van der Waals surface area contributed by atoms with E-state index in [1.165, 1.54) is 13.2 Å². The van der Waals surface area contributed by atoms with Crippen molar-refractivity contribution in [2.45, 2.75) is 18.6 Å². The van der Waals surface area contributed by atoms with Crippen molar-refractivity contribution in [1.82, 2.24) is 0 Å². The first kappa shape index (κ1) is 14.7. The Hall–Kier alpha value is -1.66. The molecule has 0 radical (unpaired) electrons. The van der Waals surface area contributed by atoms with Crippen molar-refractivity contribution in [3.63, 3.8) is 0 Å². The highest BCUT2D eigenvalue weighted by Crippen LogP contribution is 2.40. The number of hydrogen-bond acceptors (Lipinski definition) is 5. The summed E-state index contributed by atoms with van der Waals surface area (Å²) in [4.78, 5) is 0. The Morgan fingerprint density at radius 2 is 2.30 bits per heavy atom. The third-order valence-corrected chi connectivity index (χ3v) is 3.66. The number of methoxy groups -OCH3 is 1. The Bertz CT molecular complexity index is 645. The molecule has 1 aliphatic rings. The third-order valence-electron chi connectivity index (χ3n) is 3.15. The molecule has 8 heteroatoms. The fourth-order valence-corrected chi connectivity index (χ4v) is 2.80. The fraction of sp³-hybridized carbons (Fsp3) is 0.417. The van der Waals surface area contributed by atoms with Crippen LogP contribution in [0.5, 0.6) is 0 Å². The van der Waals surface area contributed by atoms with Gasteiger partial charge in [-0.1, -0.05) is 12.1 Å². The molecule has 0 aliphatic carbocycles. The van der Waals surface area contributed by atoms with Gasteiger partial charge >= 0.3 is 0 Å². The molecular formula is C12H15N3O4S. The minimum Gasteiger partial charge on any atom is -0.349 e. The fourth-order valence-electron chi connectivity index (χ4n) is 2.33. The number of ether oxygens (including phenoxy) is 2. The zero-order valence-corrected chi connectivity index (χ0v) is 11.7. The van der Waals surface area contributed by atoms with Gasteiger partial charge in [0, 0.05) is 19.1 Å². The van der Waals surface area contributed by atoms with Crippen LogP contribution in [0.15, 0.2) is 18.2 Å². The summed E-state index contributed by atoms with van der Waals surface area (Å²) < 4.78 is 35.5. The zero-order valence-electron chi connectivity index (χ0n) is 10.9. The van der Waals surface area contributed by atoms with Crippen LogP contribution in [0.4, 0.5) is 5.69 Å². The SMILES string of the molecule is COC1(c2cccc(NS(N)(=O)=O)c2C#N)CCCO1. The maximum atomic E-state index is 11.1. The van der Waals surface area contributed by atoms with Crippen LogP contribution in [-0.2, 0) is 25.5 Å². The predicted molar refractivity (Wildman–Crippen MR) is 71.8 cm³/mol. The number of nitrogens with two attached hydrogens (primary N) is 1. The van der Waals surface area contributed by atoms with Crippen molar-refractivity contribution in [3.05, 3.63) is 29.3 Å². The minimum absolute atomic E-state index is 0.111. The quantitative estimate of drug-likeness (QED) is 0.852. The van der Waals surface area contributed by atoms with Gasteiger partial charge in [-0.15, -0.1) is 0 Å². The number of hydrogen-bond donors (Lipinski definition) is 2. The van der Waals surface area contributed by atoms with Crippen molar-refractivity contribution >= 4 is 15.9 Å². The lowest BCUT2D eigenvalue weighted by atomic mass is 9.96. The van der Waals surface area contributed by atoms with Crippen molar-refractivity contribution < 1.29 is 17.9 Å². The molecule has 1 saturated heterocycles. The van der Waals surface area contributed by atoms with E-state index in [4.69, 9.17) is 14.6 Å². The van der Waals surface area contributed by atoms with E-state index in [9.17, 15) is 13.7 Å². The maximum absolute atomic E-state index is 11.1. The second kappa shape index (κ2) is 5.38. The van der Waals surface area contributed by atoms with Crippen LogP contribution < -0.4 is 9.86 Å². The van der Waals surface area contributed by atoms with Gasteiger partial charge in [0.05, 0.1) is 17.9 Å². The van der Waals surface area contributed by atoms with Crippen molar-refractivity contribution in [2.75, 3.05) is 18.4 Å². The van der Waals surface area contributed by atoms with Gasteiger partial charge in [0.25, 0.3) is 10.2 Å². The summed E-state index contributed by atoms with van der Waals surface area (Å²) >= 11 is 0. The van der Waals surface area contributed by atoms with Crippen LogP contribution in [0.2, 0.25) is 0 Å². The molecule has 1 atom stereocenters. The monoisotopic (exact) mass is 297 g/mol. The van der Waals surface area contributed by atoms with E-state index >= 15 is 0 Å². The molecule has 7 nitrogen and oxygen atoms in total. The molecule has 0 aromatic heterocycles. The van der Waals surface area contributed by atoms with E-state index in [1.807, 2.05) is 6.07 Å². The Kier molecular flexibility index (Phi) is 3.96. The Morgan fingerprint density at radius 3 is 2.80 bits per heavy atom. The summed E-state index contributed by atoms with van der Waals surface area (Å²) in [6.45, 7) is 0.519. The van der Waals surface area contributed by atoms with Gasteiger partial charge in [0.1, 0.15) is 6.07 Å². The highest BCUT2D eigenvalue weighted by Gasteiger charge is 2.39. The lowest BCUT2D eigenvalue weighted by molar-refractivity contribution is -0.202. The van der Waals surface area contributed by atoms with Crippen LogP contribution in [-0.4, -0.2) is 22.1 Å². The molecule has 1 fully saturated rings. The highest BCUT2D eigenvalue weighted by molar-refractivity contribution is 7.90. The first-order chi connectivity index (χ1) is 9.42. The predicted octanol–water partition coefficient (Wildman–Crippen LogP) is 0.783. The molecule has 0 saturated carbocycles. The molecule has 108 valence electrons. The molecule has 2 rings (SSSR count). The summed E-state index contributed by atoms with van der Waals surface area (Å²) in [6, 6.07) is 6.74. The third kappa shape index (κ3) is 2.76. The van der Waals surface area contributed by atoms with Gasteiger partial charge in [0.2, 0.25) is 0 Å². The van der Waals surface area contributed by atoms with E-state index in [1.54, 1.807) is 12.1 Å². The molecule has 1 unspecified atom stereocenters. The molecular weight excluding hydrogens is 282 g/mol. The Labute approximate surface area is 117 Å². The first-order valence-corrected chi connectivity index (χ1v) is 7.50. The number of anilines is 1. The summed E-state index contributed by atoms with van der Waals surface area (Å²) in [6.07, 6.45) is 1.39. The molecule has 0 bridgehead atoms. The number of benzene rings is 1. The zero-order chi connectivity index (χ0) is 14.8. The van der Waals surface area contributed by atoms with Crippen LogP contribution in [0.3, 0.4) is 0 Å². The topological polar surface area (TPSA) is 114 Å². The van der Waals surface area contributed by atoms with E-state index in [0.29, 0.717) is 18.6 Å². The van der Waals surface area contributed by atoms with Gasteiger partial charge in [-0.05, 0) is 12.5 Å². The molecule has 0 amide bonds. The number of nitrogens with zero attached hydrogens (tertiary/aromatic N) is 1. The Morgan fingerprint density at radius 1 is 1.55 bits per heavy atom. The van der Waals surface area contributed by atoms with Crippen LogP contribution in [0, 0.1) is 11.3 Å².